The highest BCUT2D eigenvalue weighted by atomic mass is 16.6. The highest BCUT2D eigenvalue weighted by Crippen LogP contribution is 2.36. The van der Waals surface area contributed by atoms with E-state index in [4.69, 9.17) is 4.74 Å². The molecule has 0 amide bonds. The molecule has 0 aromatic heterocycles. The molecule has 0 bridgehead atoms. The van der Waals surface area contributed by atoms with Gasteiger partial charge in [0.25, 0.3) is 5.69 Å². The highest BCUT2D eigenvalue weighted by Gasteiger charge is 2.31. The molecule has 2 rings (SSSR count). The van der Waals surface area contributed by atoms with Gasteiger partial charge in [0, 0.05) is 12.6 Å². The van der Waals surface area contributed by atoms with Crippen LogP contribution >= 0.6 is 0 Å². The van der Waals surface area contributed by atoms with Crippen molar-refractivity contribution in [2.75, 3.05) is 13.7 Å². The van der Waals surface area contributed by atoms with E-state index in [1.165, 1.54) is 19.6 Å². The van der Waals surface area contributed by atoms with E-state index in [0.717, 1.165) is 23.9 Å². The van der Waals surface area contributed by atoms with Crippen molar-refractivity contribution < 1.29 is 9.66 Å². The van der Waals surface area contributed by atoms with Crippen molar-refractivity contribution in [3.8, 4) is 5.75 Å². The van der Waals surface area contributed by atoms with Gasteiger partial charge in [0.2, 0.25) is 0 Å². The summed E-state index contributed by atoms with van der Waals surface area (Å²) in [6.07, 6.45) is 1.28. The fourth-order valence-corrected chi connectivity index (χ4v) is 2.05. The van der Waals surface area contributed by atoms with Crippen molar-refractivity contribution in [3.63, 3.8) is 0 Å². The molecule has 0 spiro atoms. The van der Waals surface area contributed by atoms with Gasteiger partial charge < -0.3 is 10.1 Å². The van der Waals surface area contributed by atoms with Crippen LogP contribution in [0.4, 0.5) is 5.69 Å². The smallest absolute Gasteiger partial charge is 0.273 e. The van der Waals surface area contributed by atoms with E-state index >= 15 is 0 Å². The second kappa shape index (κ2) is 5.35. The number of methoxy groups -OCH3 is 1. The van der Waals surface area contributed by atoms with Crippen molar-refractivity contribution >= 4 is 5.69 Å². The molecule has 0 radical (unpaired) electrons. The largest absolute Gasteiger partial charge is 0.496 e. The Morgan fingerprint density at radius 3 is 2.78 bits per heavy atom. The third kappa shape index (κ3) is 3.20. The first-order chi connectivity index (χ1) is 8.60. The van der Waals surface area contributed by atoms with E-state index in [-0.39, 0.29) is 5.69 Å². The van der Waals surface area contributed by atoms with Gasteiger partial charge in [-0.1, -0.05) is 6.92 Å². The van der Waals surface area contributed by atoms with Crippen molar-refractivity contribution in [3.05, 3.63) is 33.9 Å². The first-order valence-electron chi connectivity index (χ1n) is 6.13. The number of non-ortho nitro benzene ring substituents is 1. The van der Waals surface area contributed by atoms with Crippen LogP contribution in [0.25, 0.3) is 0 Å². The number of rotatable bonds is 6. The van der Waals surface area contributed by atoms with Crippen LogP contribution in [-0.4, -0.2) is 18.6 Å². The molecule has 1 aliphatic rings. The second-order valence-corrected chi connectivity index (χ2v) is 4.90. The molecule has 0 heterocycles. The molecule has 1 fully saturated rings. The number of nitro groups is 1. The first-order valence-corrected chi connectivity index (χ1v) is 6.13. The predicted molar refractivity (Wildman–Crippen MR) is 68.6 cm³/mol. The summed E-state index contributed by atoms with van der Waals surface area (Å²) in [5, 5.41) is 14.1. The van der Waals surface area contributed by atoms with Crippen molar-refractivity contribution in [2.24, 2.45) is 11.8 Å². The monoisotopic (exact) mass is 250 g/mol. The Balaban J connectivity index is 1.97. The lowest BCUT2D eigenvalue weighted by Crippen LogP contribution is -2.16. The van der Waals surface area contributed by atoms with E-state index in [0.29, 0.717) is 12.3 Å². The predicted octanol–water partition coefficient (Wildman–Crippen LogP) is 2.35. The Hall–Kier alpha value is -1.62. The van der Waals surface area contributed by atoms with Gasteiger partial charge >= 0.3 is 0 Å². The molecule has 2 atom stereocenters. The number of ether oxygens (including phenoxy) is 1. The molecule has 0 saturated heterocycles. The minimum Gasteiger partial charge on any atom is -0.496 e. The third-order valence-electron chi connectivity index (χ3n) is 3.41. The van der Waals surface area contributed by atoms with E-state index in [1.807, 2.05) is 6.07 Å². The minimum absolute atomic E-state index is 0.0749. The topological polar surface area (TPSA) is 64.4 Å². The molecule has 1 aromatic rings. The highest BCUT2D eigenvalue weighted by molar-refractivity contribution is 5.42. The van der Waals surface area contributed by atoms with Gasteiger partial charge in [-0.15, -0.1) is 0 Å². The number of nitrogens with zero attached hydrogens (tertiary/aromatic N) is 1. The maximum Gasteiger partial charge on any atom is 0.273 e. The molecule has 2 unspecified atom stereocenters. The van der Waals surface area contributed by atoms with Gasteiger partial charge in [-0.05, 0) is 36.4 Å². The molecule has 5 heteroatoms. The Morgan fingerprint density at radius 1 is 1.50 bits per heavy atom. The van der Waals surface area contributed by atoms with Gasteiger partial charge in [-0.25, -0.2) is 0 Å². The Morgan fingerprint density at radius 2 is 2.22 bits per heavy atom. The van der Waals surface area contributed by atoms with Gasteiger partial charge in [0.15, 0.2) is 0 Å². The maximum atomic E-state index is 10.8. The summed E-state index contributed by atoms with van der Waals surface area (Å²) >= 11 is 0. The average molecular weight is 250 g/mol. The van der Waals surface area contributed by atoms with Crippen LogP contribution in [0.1, 0.15) is 18.9 Å². The lowest BCUT2D eigenvalue weighted by atomic mass is 10.2. The summed E-state index contributed by atoms with van der Waals surface area (Å²) in [6.45, 7) is 3.86. The fraction of sp³-hybridized carbons (Fsp3) is 0.538. The molecule has 1 saturated carbocycles. The number of hydrogen-bond acceptors (Lipinski definition) is 4. The molecular formula is C13H18N2O3. The zero-order chi connectivity index (χ0) is 13.1. The van der Waals surface area contributed by atoms with Crippen LogP contribution < -0.4 is 10.1 Å². The van der Waals surface area contributed by atoms with Crippen LogP contribution in [0.5, 0.6) is 5.75 Å². The van der Waals surface area contributed by atoms with Crippen LogP contribution in [0.2, 0.25) is 0 Å². The molecule has 1 aliphatic carbocycles. The normalized spacial score (nSPS) is 21.7. The molecule has 5 nitrogen and oxygen atoms in total. The fourth-order valence-electron chi connectivity index (χ4n) is 2.05. The lowest BCUT2D eigenvalue weighted by molar-refractivity contribution is -0.385. The Kier molecular flexibility index (Phi) is 3.81. The average Bonchev–Trinajstić information content (AvgIpc) is 3.05. The lowest BCUT2D eigenvalue weighted by Gasteiger charge is -2.06. The molecule has 98 valence electrons. The number of nitro benzene ring substituents is 1. The van der Waals surface area contributed by atoms with Gasteiger partial charge in [-0.2, -0.15) is 0 Å². The number of nitrogens with one attached hydrogen (secondary N) is 1. The van der Waals surface area contributed by atoms with E-state index < -0.39 is 4.92 Å². The second-order valence-electron chi connectivity index (χ2n) is 4.90. The Labute approximate surface area is 106 Å². The summed E-state index contributed by atoms with van der Waals surface area (Å²) < 4.78 is 5.07. The minimum atomic E-state index is -0.394. The first kappa shape index (κ1) is 12.8. The van der Waals surface area contributed by atoms with E-state index in [9.17, 15) is 10.1 Å². The van der Waals surface area contributed by atoms with E-state index in [2.05, 4.69) is 12.2 Å². The van der Waals surface area contributed by atoms with Gasteiger partial charge in [-0.3, -0.25) is 10.1 Å². The zero-order valence-corrected chi connectivity index (χ0v) is 10.7. The van der Waals surface area contributed by atoms with Gasteiger partial charge in [0.1, 0.15) is 5.75 Å². The summed E-state index contributed by atoms with van der Waals surface area (Å²) in [7, 11) is 1.52. The quantitative estimate of drug-likeness (QED) is 0.621. The van der Waals surface area contributed by atoms with Crippen LogP contribution in [0, 0.1) is 22.0 Å². The molecule has 1 aromatic carbocycles. The standard InChI is InChI=1S/C13H18N2O3/c1-9-3-11(9)8-14-7-10-4-12(15(16)17)6-13(5-10)18-2/h4-6,9,11,14H,3,7-8H2,1-2H3. The van der Waals surface area contributed by atoms with Crippen LogP contribution in [0.15, 0.2) is 18.2 Å². The molecule has 18 heavy (non-hydrogen) atoms. The summed E-state index contributed by atoms with van der Waals surface area (Å²) in [4.78, 5) is 10.4. The Bertz CT molecular complexity index is 448. The van der Waals surface area contributed by atoms with Crippen molar-refractivity contribution in [1.82, 2.24) is 5.32 Å². The van der Waals surface area contributed by atoms with Crippen molar-refractivity contribution in [1.29, 1.82) is 0 Å². The van der Waals surface area contributed by atoms with Crippen molar-refractivity contribution in [2.45, 2.75) is 19.9 Å². The van der Waals surface area contributed by atoms with Crippen LogP contribution in [-0.2, 0) is 6.54 Å². The SMILES string of the molecule is COc1cc(CNCC2CC2C)cc([N+](=O)[O-])c1. The summed E-state index contributed by atoms with van der Waals surface area (Å²) in [6, 6.07) is 4.86. The third-order valence-corrected chi connectivity index (χ3v) is 3.41. The summed E-state index contributed by atoms with van der Waals surface area (Å²) in [5.74, 6) is 2.11. The molecule has 0 aliphatic heterocycles. The van der Waals surface area contributed by atoms with E-state index in [1.54, 1.807) is 6.07 Å². The summed E-state index contributed by atoms with van der Waals surface area (Å²) in [5.41, 5.74) is 0.959. The molecular weight excluding hydrogens is 232 g/mol. The zero-order valence-electron chi connectivity index (χ0n) is 10.7. The van der Waals surface area contributed by atoms with Gasteiger partial charge in [0.05, 0.1) is 18.1 Å². The number of hydrogen-bond donors (Lipinski definition) is 1. The molecule has 1 N–H and O–H groups in total. The maximum absolute atomic E-state index is 10.8. The number of benzene rings is 1. The van der Waals surface area contributed by atoms with Crippen LogP contribution in [0.3, 0.4) is 0 Å².